The SMILES string of the molecule is CC/C=C\C/C=C\C/C=C\C/C=C\C/C=C\CC(=O)OC(COCCCCCCCCCC/C=C\C/C=C\CCCCC)COC(=O)CCCCCCCCCCCCCCCCCCCCC. The molecule has 0 N–H and O–H groups in total. The summed E-state index contributed by atoms with van der Waals surface area (Å²) in [7, 11) is 0. The minimum atomic E-state index is -0.596. The molecule has 0 aromatic carbocycles. The lowest BCUT2D eigenvalue weighted by Gasteiger charge is -2.18. The van der Waals surface area contributed by atoms with Crippen molar-refractivity contribution in [2.75, 3.05) is 19.8 Å². The van der Waals surface area contributed by atoms with E-state index in [2.05, 4.69) is 93.7 Å². The number of allylic oxidation sites excluding steroid dienone is 13. The van der Waals surface area contributed by atoms with Crippen LogP contribution in [0.2, 0.25) is 0 Å². The average Bonchev–Trinajstić information content (AvgIpc) is 3.34. The van der Waals surface area contributed by atoms with Crippen LogP contribution in [0.1, 0.15) is 278 Å². The van der Waals surface area contributed by atoms with Gasteiger partial charge in [-0.25, -0.2) is 0 Å². The molecule has 5 nitrogen and oxygen atoms in total. The van der Waals surface area contributed by atoms with Crippen molar-refractivity contribution < 1.29 is 23.8 Å². The van der Waals surface area contributed by atoms with Crippen LogP contribution < -0.4 is 0 Å². The van der Waals surface area contributed by atoms with Gasteiger partial charge in [-0.3, -0.25) is 9.59 Å². The van der Waals surface area contributed by atoms with E-state index in [1.165, 1.54) is 180 Å². The molecule has 0 aliphatic heterocycles. The van der Waals surface area contributed by atoms with Gasteiger partial charge >= 0.3 is 11.9 Å². The topological polar surface area (TPSA) is 61.8 Å². The second-order valence-corrected chi connectivity index (χ2v) is 19.2. The molecular formula is C63H110O5. The number of unbranched alkanes of at least 4 members (excludes halogenated alkanes) is 29. The molecule has 0 spiro atoms. The Morgan fingerprint density at radius 3 is 1.16 bits per heavy atom. The maximum absolute atomic E-state index is 12.8. The highest BCUT2D eigenvalue weighted by molar-refractivity contribution is 5.71. The normalized spacial score (nSPS) is 12.8. The number of rotatable bonds is 53. The van der Waals surface area contributed by atoms with E-state index in [-0.39, 0.29) is 31.6 Å². The van der Waals surface area contributed by atoms with E-state index in [0.29, 0.717) is 13.0 Å². The van der Waals surface area contributed by atoms with Crippen molar-refractivity contribution >= 4 is 11.9 Å². The van der Waals surface area contributed by atoms with E-state index in [1.807, 2.05) is 12.2 Å². The summed E-state index contributed by atoms with van der Waals surface area (Å²) in [6.07, 6.45) is 77.8. The Labute approximate surface area is 422 Å². The van der Waals surface area contributed by atoms with Crippen molar-refractivity contribution in [2.45, 2.75) is 284 Å². The molecular weight excluding hydrogens is 837 g/mol. The number of carbonyl (C=O) groups excluding carboxylic acids is 2. The zero-order valence-electron chi connectivity index (χ0n) is 45.1. The largest absolute Gasteiger partial charge is 0.462 e. The third-order valence-corrected chi connectivity index (χ3v) is 12.4. The predicted molar refractivity (Wildman–Crippen MR) is 297 cm³/mol. The standard InChI is InChI=1S/C63H110O5/c1-4-7-10-13-16-19-22-25-28-30-32-33-36-38-41-44-47-50-53-56-62(64)67-60-61(68-63(65)57-54-51-48-45-42-39-35-27-24-21-18-15-12-9-6-3)59-66-58-55-52-49-46-43-40-37-34-31-29-26-23-20-17-14-11-8-5-2/h9,12,17-18,20-21,26-27,29,35,42,45,51,54,61H,4-8,10-11,13-16,19,22-25,28,30-34,36-41,43-44,46-50,52-53,55-60H2,1-3H3/b12-9-,20-17-,21-18-,29-26-,35-27-,45-42-,54-51-. The lowest BCUT2D eigenvalue weighted by molar-refractivity contribution is -0.162. The first-order valence-corrected chi connectivity index (χ1v) is 29.1. The molecule has 0 aliphatic rings. The van der Waals surface area contributed by atoms with E-state index in [4.69, 9.17) is 14.2 Å². The van der Waals surface area contributed by atoms with Crippen molar-refractivity contribution in [3.8, 4) is 0 Å². The maximum Gasteiger partial charge on any atom is 0.310 e. The van der Waals surface area contributed by atoms with Gasteiger partial charge in [-0.05, 0) is 77.0 Å². The van der Waals surface area contributed by atoms with Crippen LogP contribution in [0, 0.1) is 0 Å². The summed E-state index contributed by atoms with van der Waals surface area (Å²) in [6.45, 7) is 7.60. The highest BCUT2D eigenvalue weighted by Crippen LogP contribution is 2.16. The van der Waals surface area contributed by atoms with E-state index < -0.39 is 6.10 Å². The smallest absolute Gasteiger partial charge is 0.310 e. The molecule has 0 saturated carbocycles. The molecule has 0 radical (unpaired) electrons. The number of hydrogen-bond donors (Lipinski definition) is 0. The lowest BCUT2D eigenvalue weighted by Crippen LogP contribution is -2.29. The van der Waals surface area contributed by atoms with Gasteiger partial charge in [-0.1, -0.05) is 273 Å². The average molecular weight is 948 g/mol. The van der Waals surface area contributed by atoms with Crippen LogP contribution >= 0.6 is 0 Å². The Bertz CT molecular complexity index is 1250. The second kappa shape index (κ2) is 58.4. The van der Waals surface area contributed by atoms with Gasteiger partial charge in [0, 0.05) is 13.0 Å². The van der Waals surface area contributed by atoms with Crippen molar-refractivity contribution in [1.29, 1.82) is 0 Å². The zero-order chi connectivity index (χ0) is 49.2. The van der Waals surface area contributed by atoms with Gasteiger partial charge in [0.1, 0.15) is 6.61 Å². The maximum atomic E-state index is 12.8. The molecule has 5 heteroatoms. The molecule has 0 heterocycles. The lowest BCUT2D eigenvalue weighted by atomic mass is 10.0. The van der Waals surface area contributed by atoms with Crippen LogP contribution in [0.3, 0.4) is 0 Å². The summed E-state index contributed by atoms with van der Waals surface area (Å²) in [6, 6.07) is 0. The van der Waals surface area contributed by atoms with Crippen LogP contribution in [0.4, 0.5) is 0 Å². The van der Waals surface area contributed by atoms with Crippen LogP contribution in [0.15, 0.2) is 85.1 Å². The molecule has 1 atom stereocenters. The van der Waals surface area contributed by atoms with Crippen molar-refractivity contribution in [3.63, 3.8) is 0 Å². The molecule has 0 saturated heterocycles. The van der Waals surface area contributed by atoms with E-state index >= 15 is 0 Å². The van der Waals surface area contributed by atoms with Gasteiger partial charge in [0.15, 0.2) is 6.10 Å². The van der Waals surface area contributed by atoms with Crippen molar-refractivity contribution in [2.24, 2.45) is 0 Å². The summed E-state index contributed by atoms with van der Waals surface area (Å²) in [5, 5.41) is 0. The highest BCUT2D eigenvalue weighted by Gasteiger charge is 2.17. The first kappa shape index (κ1) is 65.1. The van der Waals surface area contributed by atoms with Crippen LogP contribution in [0.5, 0.6) is 0 Å². The first-order chi connectivity index (χ1) is 33.6. The summed E-state index contributed by atoms with van der Waals surface area (Å²) >= 11 is 0. The third kappa shape index (κ3) is 55.7. The van der Waals surface area contributed by atoms with Gasteiger partial charge in [0.25, 0.3) is 0 Å². The summed E-state index contributed by atoms with van der Waals surface area (Å²) in [4.78, 5) is 25.5. The molecule has 0 aliphatic carbocycles. The molecule has 68 heavy (non-hydrogen) atoms. The van der Waals surface area contributed by atoms with Gasteiger partial charge in [0.2, 0.25) is 0 Å². The van der Waals surface area contributed by atoms with Gasteiger partial charge in [0.05, 0.1) is 13.0 Å². The Kier molecular flexibility index (Phi) is 55.9. The Balaban J connectivity index is 4.34. The quantitative estimate of drug-likeness (QED) is 0.0345. The van der Waals surface area contributed by atoms with Crippen LogP contribution in [-0.2, 0) is 23.8 Å². The fraction of sp³-hybridized carbons (Fsp3) is 0.746. The number of hydrogen-bond acceptors (Lipinski definition) is 5. The monoisotopic (exact) mass is 947 g/mol. The molecule has 392 valence electrons. The molecule has 0 bridgehead atoms. The number of carbonyl (C=O) groups is 2. The minimum absolute atomic E-state index is 0.0430. The fourth-order valence-corrected chi connectivity index (χ4v) is 8.15. The highest BCUT2D eigenvalue weighted by atomic mass is 16.6. The molecule has 0 amide bonds. The van der Waals surface area contributed by atoms with Crippen molar-refractivity contribution in [1.82, 2.24) is 0 Å². The van der Waals surface area contributed by atoms with Gasteiger partial charge < -0.3 is 14.2 Å². The number of ether oxygens (including phenoxy) is 3. The molecule has 0 aromatic rings. The fourth-order valence-electron chi connectivity index (χ4n) is 8.15. The first-order valence-electron chi connectivity index (χ1n) is 29.1. The summed E-state index contributed by atoms with van der Waals surface area (Å²) < 4.78 is 17.4. The van der Waals surface area contributed by atoms with Crippen LogP contribution in [-0.4, -0.2) is 37.9 Å². The third-order valence-electron chi connectivity index (χ3n) is 12.4. The van der Waals surface area contributed by atoms with Gasteiger partial charge in [-0.2, -0.15) is 0 Å². The van der Waals surface area contributed by atoms with E-state index in [1.54, 1.807) is 0 Å². The summed E-state index contributed by atoms with van der Waals surface area (Å²) in [5.41, 5.74) is 0. The second-order valence-electron chi connectivity index (χ2n) is 19.2. The Morgan fingerprint density at radius 1 is 0.353 bits per heavy atom. The molecule has 0 fully saturated rings. The zero-order valence-corrected chi connectivity index (χ0v) is 45.1. The van der Waals surface area contributed by atoms with E-state index in [9.17, 15) is 9.59 Å². The molecule has 0 aromatic heterocycles. The predicted octanol–water partition coefficient (Wildman–Crippen LogP) is 20.0. The minimum Gasteiger partial charge on any atom is -0.462 e. The van der Waals surface area contributed by atoms with Crippen LogP contribution in [0.25, 0.3) is 0 Å². The Morgan fingerprint density at radius 2 is 0.706 bits per heavy atom. The van der Waals surface area contributed by atoms with Gasteiger partial charge in [-0.15, -0.1) is 0 Å². The van der Waals surface area contributed by atoms with E-state index in [0.717, 1.165) is 64.2 Å². The molecule has 0 rings (SSSR count). The number of esters is 2. The van der Waals surface area contributed by atoms with Crippen molar-refractivity contribution in [3.05, 3.63) is 85.1 Å². The Hall–Kier alpha value is -2.92. The summed E-state index contributed by atoms with van der Waals surface area (Å²) in [5.74, 6) is -0.538. The molecule has 1 unspecified atom stereocenters.